The van der Waals surface area contributed by atoms with Gasteiger partial charge in [-0.2, -0.15) is 0 Å². The SMILES string of the molecule is CC.c1ccc(CN(Cc2ccccc2)Sc2ccc(CNCc3ccco3)cc2)cc1. The summed E-state index contributed by atoms with van der Waals surface area (Å²) in [6, 6.07) is 34.0. The van der Waals surface area contributed by atoms with Crippen molar-refractivity contribution in [1.82, 2.24) is 9.62 Å². The molecular formula is C28H32N2OS. The van der Waals surface area contributed by atoms with Crippen LogP contribution in [0.2, 0.25) is 0 Å². The maximum absolute atomic E-state index is 5.36. The summed E-state index contributed by atoms with van der Waals surface area (Å²) >= 11 is 1.81. The summed E-state index contributed by atoms with van der Waals surface area (Å²) in [5, 5.41) is 3.42. The molecule has 0 aliphatic heterocycles. The van der Waals surface area contributed by atoms with Crippen LogP contribution in [0.3, 0.4) is 0 Å². The van der Waals surface area contributed by atoms with Crippen molar-refractivity contribution in [2.45, 2.75) is 44.9 Å². The molecule has 4 heteroatoms. The zero-order chi connectivity index (χ0) is 22.4. The lowest BCUT2D eigenvalue weighted by atomic mass is 10.2. The predicted molar refractivity (Wildman–Crippen MR) is 135 cm³/mol. The maximum atomic E-state index is 5.36. The Kier molecular flexibility index (Phi) is 10.1. The van der Waals surface area contributed by atoms with Crippen molar-refractivity contribution in [3.8, 4) is 0 Å². The van der Waals surface area contributed by atoms with Crippen molar-refractivity contribution in [3.63, 3.8) is 0 Å². The molecule has 0 saturated carbocycles. The predicted octanol–water partition coefficient (Wildman–Crippen LogP) is 7.31. The highest BCUT2D eigenvalue weighted by Gasteiger charge is 2.10. The zero-order valence-electron chi connectivity index (χ0n) is 18.9. The molecule has 3 aromatic carbocycles. The minimum atomic E-state index is 0.741. The second-order valence-corrected chi connectivity index (χ2v) is 8.36. The lowest BCUT2D eigenvalue weighted by Gasteiger charge is -2.21. The van der Waals surface area contributed by atoms with Gasteiger partial charge in [-0.05, 0) is 52.9 Å². The van der Waals surface area contributed by atoms with Crippen LogP contribution in [0.15, 0.2) is 113 Å². The Morgan fingerprint density at radius 2 is 1.25 bits per heavy atom. The van der Waals surface area contributed by atoms with Crippen molar-refractivity contribution in [3.05, 3.63) is 126 Å². The highest BCUT2D eigenvalue weighted by atomic mass is 32.2. The third kappa shape index (κ3) is 8.04. The first kappa shape index (κ1) is 23.9. The molecule has 4 aromatic rings. The average molecular weight is 445 g/mol. The molecule has 0 amide bonds. The fourth-order valence-corrected chi connectivity index (χ4v) is 4.24. The third-order valence-corrected chi connectivity index (χ3v) is 5.77. The molecule has 1 N–H and O–H groups in total. The van der Waals surface area contributed by atoms with Gasteiger partial charge in [0.2, 0.25) is 0 Å². The van der Waals surface area contributed by atoms with Crippen LogP contribution in [0.25, 0.3) is 0 Å². The molecule has 166 valence electrons. The summed E-state index contributed by atoms with van der Waals surface area (Å²) in [6.07, 6.45) is 1.71. The Morgan fingerprint density at radius 1 is 0.656 bits per heavy atom. The minimum absolute atomic E-state index is 0.741. The Labute approximate surface area is 196 Å². The van der Waals surface area contributed by atoms with E-state index < -0.39 is 0 Å². The second kappa shape index (κ2) is 13.6. The number of furan rings is 1. The van der Waals surface area contributed by atoms with E-state index in [9.17, 15) is 0 Å². The van der Waals surface area contributed by atoms with Crippen LogP contribution < -0.4 is 5.32 Å². The molecule has 0 aliphatic carbocycles. The van der Waals surface area contributed by atoms with Gasteiger partial charge in [0.15, 0.2) is 0 Å². The van der Waals surface area contributed by atoms with Crippen LogP contribution in [-0.2, 0) is 26.2 Å². The van der Waals surface area contributed by atoms with Crippen LogP contribution in [0.5, 0.6) is 0 Å². The number of hydrogen-bond acceptors (Lipinski definition) is 4. The fraction of sp³-hybridized carbons (Fsp3) is 0.214. The third-order valence-electron chi connectivity index (χ3n) is 4.77. The topological polar surface area (TPSA) is 28.4 Å². The number of nitrogens with one attached hydrogen (secondary N) is 1. The van der Waals surface area contributed by atoms with Gasteiger partial charge >= 0.3 is 0 Å². The molecule has 32 heavy (non-hydrogen) atoms. The standard InChI is InChI=1S/C26H26N2OS.C2H6/c1-3-8-23(9-4-1)20-28(21-24-10-5-2-6-11-24)30-26-15-13-22(14-16-26)18-27-19-25-12-7-17-29-25;1-2/h1-17,27H,18-21H2;1-2H3. The molecule has 1 aromatic heterocycles. The zero-order valence-corrected chi connectivity index (χ0v) is 19.7. The van der Waals surface area contributed by atoms with E-state index in [2.05, 4.69) is 94.6 Å². The van der Waals surface area contributed by atoms with Crippen LogP contribution in [0.1, 0.15) is 36.3 Å². The number of benzene rings is 3. The molecular weight excluding hydrogens is 412 g/mol. The molecule has 1 heterocycles. The molecule has 3 nitrogen and oxygen atoms in total. The molecule has 0 saturated heterocycles. The summed E-state index contributed by atoms with van der Waals surface area (Å²) in [7, 11) is 0. The van der Waals surface area contributed by atoms with Crippen molar-refractivity contribution in [1.29, 1.82) is 0 Å². The number of hydrogen-bond donors (Lipinski definition) is 1. The van der Waals surface area contributed by atoms with Gasteiger partial charge in [0, 0.05) is 24.5 Å². The molecule has 0 fully saturated rings. The van der Waals surface area contributed by atoms with Crippen LogP contribution in [0.4, 0.5) is 0 Å². The molecule has 0 spiro atoms. The summed E-state index contributed by atoms with van der Waals surface area (Å²) in [4.78, 5) is 1.25. The molecule has 0 aliphatic rings. The summed E-state index contributed by atoms with van der Waals surface area (Å²) in [5.74, 6) is 0.958. The van der Waals surface area contributed by atoms with E-state index in [1.807, 2.05) is 26.0 Å². The molecule has 0 atom stereocenters. The van der Waals surface area contributed by atoms with Crippen LogP contribution in [0, 0.1) is 0 Å². The summed E-state index contributed by atoms with van der Waals surface area (Å²) in [5.41, 5.74) is 3.91. The molecule has 0 unspecified atom stereocenters. The largest absolute Gasteiger partial charge is 0.468 e. The highest BCUT2D eigenvalue weighted by molar-refractivity contribution is 7.97. The molecule has 0 bridgehead atoms. The lowest BCUT2D eigenvalue weighted by molar-refractivity contribution is 0.462. The maximum Gasteiger partial charge on any atom is 0.117 e. The average Bonchev–Trinajstić information content (AvgIpc) is 3.36. The van der Waals surface area contributed by atoms with Gasteiger partial charge in [0.25, 0.3) is 0 Å². The van der Waals surface area contributed by atoms with Gasteiger partial charge in [-0.15, -0.1) is 0 Å². The first-order valence-corrected chi connectivity index (χ1v) is 12.0. The van der Waals surface area contributed by atoms with E-state index >= 15 is 0 Å². The monoisotopic (exact) mass is 444 g/mol. The first-order valence-electron chi connectivity index (χ1n) is 11.2. The van der Waals surface area contributed by atoms with Gasteiger partial charge < -0.3 is 9.73 Å². The Morgan fingerprint density at radius 3 is 1.78 bits per heavy atom. The Balaban J connectivity index is 0.00000141. The second-order valence-electron chi connectivity index (χ2n) is 7.19. The summed E-state index contributed by atoms with van der Waals surface area (Å²) < 4.78 is 7.77. The first-order chi connectivity index (χ1) is 15.8. The van der Waals surface area contributed by atoms with Crippen molar-refractivity contribution in [2.75, 3.05) is 0 Å². The molecule has 4 rings (SSSR count). The van der Waals surface area contributed by atoms with Crippen LogP contribution in [-0.4, -0.2) is 4.31 Å². The van der Waals surface area contributed by atoms with Crippen molar-refractivity contribution >= 4 is 11.9 Å². The lowest BCUT2D eigenvalue weighted by Crippen LogP contribution is -2.15. The van der Waals surface area contributed by atoms with E-state index in [-0.39, 0.29) is 0 Å². The van der Waals surface area contributed by atoms with Gasteiger partial charge in [-0.1, -0.05) is 86.6 Å². The highest BCUT2D eigenvalue weighted by Crippen LogP contribution is 2.27. The van der Waals surface area contributed by atoms with E-state index in [1.54, 1.807) is 18.2 Å². The minimum Gasteiger partial charge on any atom is -0.468 e. The number of nitrogens with zero attached hydrogens (tertiary/aromatic N) is 1. The Hall–Kier alpha value is -2.79. The smallest absolute Gasteiger partial charge is 0.117 e. The Bertz CT molecular complexity index is 945. The van der Waals surface area contributed by atoms with Gasteiger partial charge in [-0.3, -0.25) is 0 Å². The van der Waals surface area contributed by atoms with Gasteiger partial charge in [0.05, 0.1) is 12.8 Å². The van der Waals surface area contributed by atoms with Gasteiger partial charge in [0.1, 0.15) is 5.76 Å². The van der Waals surface area contributed by atoms with Crippen molar-refractivity contribution in [2.24, 2.45) is 0 Å². The van der Waals surface area contributed by atoms with Crippen LogP contribution >= 0.6 is 11.9 Å². The van der Waals surface area contributed by atoms with Crippen molar-refractivity contribution < 1.29 is 4.42 Å². The van der Waals surface area contributed by atoms with E-state index in [1.165, 1.54) is 21.6 Å². The van der Waals surface area contributed by atoms with E-state index in [0.29, 0.717) is 0 Å². The molecule has 0 radical (unpaired) electrons. The van der Waals surface area contributed by atoms with E-state index in [4.69, 9.17) is 4.42 Å². The number of rotatable bonds is 10. The quantitative estimate of drug-likeness (QED) is 0.260. The normalized spacial score (nSPS) is 10.6. The summed E-state index contributed by atoms with van der Waals surface area (Å²) in [6.45, 7) is 7.36. The van der Waals surface area contributed by atoms with E-state index in [0.717, 1.165) is 31.9 Å². The fourth-order valence-electron chi connectivity index (χ4n) is 3.25. The van der Waals surface area contributed by atoms with Gasteiger partial charge in [-0.25, -0.2) is 4.31 Å².